The van der Waals surface area contributed by atoms with E-state index in [-0.39, 0.29) is 0 Å². The van der Waals surface area contributed by atoms with Crippen molar-refractivity contribution < 1.29 is 4.42 Å². The van der Waals surface area contributed by atoms with E-state index in [1.54, 1.807) is 12.0 Å². The summed E-state index contributed by atoms with van der Waals surface area (Å²) < 4.78 is 6.10. The number of aromatic nitrogens is 2. The molecule has 0 N–H and O–H groups in total. The molecule has 0 aliphatic heterocycles. The molecule has 11 rings (SSSR count). The molecule has 0 spiro atoms. The molecular formula is C46H38N2O. The molecule has 4 aliphatic rings. The van der Waals surface area contributed by atoms with Gasteiger partial charge in [-0.1, -0.05) is 115 Å². The van der Waals surface area contributed by atoms with Gasteiger partial charge in [0.15, 0.2) is 12.0 Å². The van der Waals surface area contributed by atoms with Crippen LogP contribution in [-0.2, 0) is 5.41 Å². The van der Waals surface area contributed by atoms with Crippen LogP contribution in [0.15, 0.2) is 144 Å². The Labute approximate surface area is 287 Å². The number of oxazole rings is 1. The van der Waals surface area contributed by atoms with E-state index >= 15 is 0 Å². The zero-order chi connectivity index (χ0) is 32.4. The standard InChI is InChI=1S/C46H38N2O/c1-3-7-36(8-4-1)42-24-38(25-43(48-42)37-9-5-2-6-10-37)40-19-20-41(45-44(40)47-29-49-45)35-13-11-33(12-14-35)34-15-17-39(18-16-34)46-26-30-21-31(27-46)23-32(22-30)28-46/h1-20,24-25,29-32H,21-23,26-28H2. The van der Waals surface area contributed by atoms with Crippen LogP contribution < -0.4 is 0 Å². The molecule has 0 atom stereocenters. The van der Waals surface area contributed by atoms with Crippen LogP contribution in [0.1, 0.15) is 44.1 Å². The quantitative estimate of drug-likeness (QED) is 0.183. The molecule has 49 heavy (non-hydrogen) atoms. The number of hydrogen-bond donors (Lipinski definition) is 0. The topological polar surface area (TPSA) is 38.9 Å². The highest BCUT2D eigenvalue weighted by molar-refractivity contribution is 6.00. The van der Waals surface area contributed by atoms with Crippen molar-refractivity contribution >= 4 is 11.1 Å². The van der Waals surface area contributed by atoms with E-state index in [1.807, 2.05) is 12.1 Å². The van der Waals surface area contributed by atoms with E-state index in [0.717, 1.165) is 73.6 Å². The lowest BCUT2D eigenvalue weighted by molar-refractivity contribution is -0.00518. The second-order valence-electron chi connectivity index (χ2n) is 14.9. The largest absolute Gasteiger partial charge is 0.443 e. The first-order valence-electron chi connectivity index (χ1n) is 17.9. The van der Waals surface area contributed by atoms with Crippen LogP contribution in [0.3, 0.4) is 0 Å². The van der Waals surface area contributed by atoms with Gasteiger partial charge in [0.1, 0.15) is 5.52 Å². The van der Waals surface area contributed by atoms with E-state index < -0.39 is 0 Å². The molecule has 2 aromatic heterocycles. The van der Waals surface area contributed by atoms with Crippen molar-refractivity contribution in [1.82, 2.24) is 9.97 Å². The van der Waals surface area contributed by atoms with Crippen molar-refractivity contribution in [3.63, 3.8) is 0 Å². The third-order valence-corrected chi connectivity index (χ3v) is 11.8. The third-order valence-electron chi connectivity index (χ3n) is 11.8. The second-order valence-corrected chi connectivity index (χ2v) is 14.9. The van der Waals surface area contributed by atoms with Crippen LogP contribution in [0.4, 0.5) is 0 Å². The van der Waals surface area contributed by atoms with Gasteiger partial charge in [-0.05, 0) is 108 Å². The zero-order valence-corrected chi connectivity index (χ0v) is 27.6. The first kappa shape index (κ1) is 28.7. The van der Waals surface area contributed by atoms with Crippen LogP contribution in [0.2, 0.25) is 0 Å². The van der Waals surface area contributed by atoms with E-state index in [2.05, 4.69) is 121 Å². The SMILES string of the molecule is c1ccc(-c2cc(-c3ccc(-c4ccc(-c5ccc(C67CC8CC(CC(C8)C6)C7)cc5)cc4)c4ocnc34)cc(-c3ccccc3)n2)cc1. The Balaban J connectivity index is 0.971. The van der Waals surface area contributed by atoms with Gasteiger partial charge < -0.3 is 4.42 Å². The lowest BCUT2D eigenvalue weighted by Gasteiger charge is -2.57. The van der Waals surface area contributed by atoms with Crippen molar-refractivity contribution in [1.29, 1.82) is 0 Å². The van der Waals surface area contributed by atoms with Gasteiger partial charge in [0, 0.05) is 22.3 Å². The Bertz CT molecular complexity index is 2190. The summed E-state index contributed by atoms with van der Waals surface area (Å²) in [5.41, 5.74) is 14.5. The predicted octanol–water partition coefficient (Wildman–Crippen LogP) is 12.0. The molecule has 4 saturated carbocycles. The summed E-state index contributed by atoms with van der Waals surface area (Å²) in [5, 5.41) is 0. The summed E-state index contributed by atoms with van der Waals surface area (Å²) in [5.74, 6) is 2.89. The average molecular weight is 635 g/mol. The molecule has 5 aromatic carbocycles. The highest BCUT2D eigenvalue weighted by atomic mass is 16.3. The third kappa shape index (κ3) is 5.03. The van der Waals surface area contributed by atoms with Crippen LogP contribution >= 0.6 is 0 Å². The number of benzene rings is 5. The summed E-state index contributed by atoms with van der Waals surface area (Å²) >= 11 is 0. The van der Waals surface area contributed by atoms with Crippen molar-refractivity contribution in [2.24, 2.45) is 17.8 Å². The van der Waals surface area contributed by atoms with Gasteiger partial charge in [-0.15, -0.1) is 0 Å². The molecule has 3 nitrogen and oxygen atoms in total. The number of hydrogen-bond acceptors (Lipinski definition) is 3. The summed E-state index contributed by atoms with van der Waals surface area (Å²) in [7, 11) is 0. The summed E-state index contributed by atoms with van der Waals surface area (Å²) in [6, 6.07) is 47.9. The van der Waals surface area contributed by atoms with E-state index in [9.17, 15) is 0 Å². The highest BCUT2D eigenvalue weighted by Gasteiger charge is 2.51. The lowest BCUT2D eigenvalue weighted by atomic mass is 9.48. The second kappa shape index (κ2) is 11.4. The molecule has 0 amide bonds. The van der Waals surface area contributed by atoms with E-state index in [4.69, 9.17) is 14.4 Å². The fraction of sp³-hybridized carbons (Fsp3) is 0.217. The Morgan fingerprint density at radius 2 is 1.00 bits per heavy atom. The fourth-order valence-electron chi connectivity index (χ4n) is 9.93. The molecule has 4 bridgehead atoms. The highest BCUT2D eigenvalue weighted by Crippen LogP contribution is 2.60. The van der Waals surface area contributed by atoms with Gasteiger partial charge in [0.2, 0.25) is 0 Å². The molecule has 3 heteroatoms. The van der Waals surface area contributed by atoms with Crippen LogP contribution in [0, 0.1) is 17.8 Å². The van der Waals surface area contributed by atoms with Gasteiger partial charge in [0.05, 0.1) is 11.4 Å². The summed E-state index contributed by atoms with van der Waals surface area (Å²) in [4.78, 5) is 9.81. The van der Waals surface area contributed by atoms with Crippen molar-refractivity contribution in [3.05, 3.63) is 145 Å². The first-order chi connectivity index (χ1) is 24.2. The Morgan fingerprint density at radius 1 is 0.490 bits per heavy atom. The summed E-state index contributed by atoms with van der Waals surface area (Å²) in [6.45, 7) is 0. The number of nitrogens with zero attached hydrogens (tertiary/aromatic N) is 2. The molecule has 2 heterocycles. The van der Waals surface area contributed by atoms with Gasteiger partial charge >= 0.3 is 0 Å². The minimum atomic E-state index is 0.439. The molecule has 0 unspecified atom stereocenters. The van der Waals surface area contributed by atoms with Crippen LogP contribution in [0.25, 0.3) is 67.0 Å². The Kier molecular flexibility index (Phi) is 6.69. The van der Waals surface area contributed by atoms with Crippen molar-refractivity contribution in [3.8, 4) is 55.9 Å². The maximum atomic E-state index is 6.10. The molecule has 0 saturated heterocycles. The molecular weight excluding hydrogens is 597 g/mol. The van der Waals surface area contributed by atoms with Gasteiger partial charge in [-0.25, -0.2) is 9.97 Å². The average Bonchev–Trinajstić information content (AvgIpc) is 3.65. The van der Waals surface area contributed by atoms with Crippen LogP contribution in [-0.4, -0.2) is 9.97 Å². The molecule has 4 aliphatic carbocycles. The number of rotatable bonds is 6. The minimum Gasteiger partial charge on any atom is -0.443 e. The molecule has 4 fully saturated rings. The lowest BCUT2D eigenvalue weighted by Crippen LogP contribution is -2.48. The zero-order valence-electron chi connectivity index (χ0n) is 27.6. The monoisotopic (exact) mass is 634 g/mol. The Hall–Kier alpha value is -5.28. The van der Waals surface area contributed by atoms with E-state index in [1.165, 1.54) is 49.7 Å². The normalized spacial score (nSPS) is 22.5. The summed E-state index contributed by atoms with van der Waals surface area (Å²) in [6.07, 6.45) is 10.2. The van der Waals surface area contributed by atoms with Crippen molar-refractivity contribution in [2.75, 3.05) is 0 Å². The van der Waals surface area contributed by atoms with Gasteiger partial charge in [-0.2, -0.15) is 0 Å². The fourth-order valence-corrected chi connectivity index (χ4v) is 9.93. The van der Waals surface area contributed by atoms with Gasteiger partial charge in [-0.3, -0.25) is 0 Å². The minimum absolute atomic E-state index is 0.439. The first-order valence-corrected chi connectivity index (χ1v) is 17.9. The molecule has 0 radical (unpaired) electrons. The maximum Gasteiger partial charge on any atom is 0.182 e. The predicted molar refractivity (Wildman–Crippen MR) is 199 cm³/mol. The maximum absolute atomic E-state index is 6.10. The molecule has 7 aromatic rings. The number of fused-ring (bicyclic) bond motifs is 1. The van der Waals surface area contributed by atoms with E-state index in [0.29, 0.717) is 5.41 Å². The molecule has 238 valence electrons. The number of pyridine rings is 1. The van der Waals surface area contributed by atoms with Crippen molar-refractivity contribution in [2.45, 2.75) is 43.9 Å². The van der Waals surface area contributed by atoms with Gasteiger partial charge in [0.25, 0.3) is 0 Å². The van der Waals surface area contributed by atoms with Crippen LogP contribution in [0.5, 0.6) is 0 Å². The Morgan fingerprint density at radius 3 is 1.57 bits per heavy atom. The smallest absolute Gasteiger partial charge is 0.182 e.